The highest BCUT2D eigenvalue weighted by molar-refractivity contribution is 6.33. The molecule has 7 heteroatoms. The molecule has 0 saturated heterocycles. The molecule has 0 unspecified atom stereocenters. The van der Waals surface area contributed by atoms with E-state index in [2.05, 4.69) is 5.32 Å². The molecule has 0 bridgehead atoms. The van der Waals surface area contributed by atoms with Crippen LogP contribution in [-0.4, -0.2) is 25.1 Å². The number of rotatable bonds is 8. The molecule has 138 valence electrons. The van der Waals surface area contributed by atoms with E-state index in [0.717, 1.165) is 11.3 Å². The molecule has 0 radical (unpaired) electrons. The number of hydrogen-bond donors (Lipinski definition) is 1. The molecule has 0 aliphatic heterocycles. The first kappa shape index (κ1) is 20.1. The number of anilines is 1. The van der Waals surface area contributed by atoms with Gasteiger partial charge in [0.25, 0.3) is 5.91 Å². The molecule has 1 amide bonds. The molecule has 0 fully saturated rings. The lowest BCUT2D eigenvalue weighted by Gasteiger charge is -2.10. The van der Waals surface area contributed by atoms with E-state index < -0.39 is 11.9 Å². The first-order chi connectivity index (χ1) is 12.5. The fourth-order valence-electron chi connectivity index (χ4n) is 2.14. The lowest BCUT2D eigenvalue weighted by molar-refractivity contribution is -0.147. The van der Waals surface area contributed by atoms with Crippen molar-refractivity contribution >= 4 is 40.8 Å². The van der Waals surface area contributed by atoms with Crippen molar-refractivity contribution in [2.24, 2.45) is 0 Å². The van der Waals surface area contributed by atoms with Gasteiger partial charge in [-0.25, -0.2) is 0 Å². The molecule has 0 spiro atoms. The van der Waals surface area contributed by atoms with Crippen molar-refractivity contribution in [1.82, 2.24) is 0 Å². The van der Waals surface area contributed by atoms with E-state index >= 15 is 0 Å². The zero-order chi connectivity index (χ0) is 18.9. The molecule has 1 N–H and O–H groups in total. The van der Waals surface area contributed by atoms with Crippen LogP contribution in [0.5, 0.6) is 5.75 Å². The molecule has 2 aromatic carbocycles. The van der Waals surface area contributed by atoms with Gasteiger partial charge in [0.1, 0.15) is 5.75 Å². The number of hydrogen-bond acceptors (Lipinski definition) is 4. The van der Waals surface area contributed by atoms with Gasteiger partial charge in [0.05, 0.1) is 17.3 Å². The van der Waals surface area contributed by atoms with Crippen molar-refractivity contribution in [2.45, 2.75) is 19.8 Å². The molecule has 2 rings (SSSR count). The Hall–Kier alpha value is -2.24. The number of ether oxygens (including phenoxy) is 2. The van der Waals surface area contributed by atoms with Gasteiger partial charge in [0.2, 0.25) is 0 Å². The van der Waals surface area contributed by atoms with Crippen LogP contribution in [0.4, 0.5) is 5.69 Å². The summed E-state index contributed by atoms with van der Waals surface area (Å²) in [5.41, 5.74) is 1.40. The van der Waals surface area contributed by atoms with Crippen LogP contribution >= 0.6 is 23.2 Å². The number of para-hydroxylation sites is 1. The quantitative estimate of drug-likeness (QED) is 0.522. The van der Waals surface area contributed by atoms with Gasteiger partial charge < -0.3 is 14.8 Å². The molecule has 0 heterocycles. The summed E-state index contributed by atoms with van der Waals surface area (Å²) in [7, 11) is 0. The number of carbonyl (C=O) groups is 2. The second kappa shape index (κ2) is 10.0. The SMILES string of the molecule is Cc1cc(Cl)ccc1OCCCC(=O)OCC(=O)Nc1ccccc1Cl. The molecule has 0 atom stereocenters. The highest BCUT2D eigenvalue weighted by atomic mass is 35.5. The van der Waals surface area contributed by atoms with Gasteiger partial charge in [0, 0.05) is 11.4 Å². The summed E-state index contributed by atoms with van der Waals surface area (Å²) >= 11 is 11.8. The van der Waals surface area contributed by atoms with Gasteiger partial charge in [0.15, 0.2) is 6.61 Å². The largest absolute Gasteiger partial charge is 0.493 e. The van der Waals surface area contributed by atoms with E-state index in [1.54, 1.807) is 36.4 Å². The van der Waals surface area contributed by atoms with Gasteiger partial charge in [-0.2, -0.15) is 0 Å². The van der Waals surface area contributed by atoms with E-state index in [1.807, 2.05) is 13.0 Å². The van der Waals surface area contributed by atoms with Crippen LogP contribution in [0.1, 0.15) is 18.4 Å². The van der Waals surface area contributed by atoms with Crippen molar-refractivity contribution in [1.29, 1.82) is 0 Å². The summed E-state index contributed by atoms with van der Waals surface area (Å²) < 4.78 is 10.5. The molecule has 2 aromatic rings. The van der Waals surface area contributed by atoms with Crippen LogP contribution < -0.4 is 10.1 Å². The Morgan fingerprint density at radius 1 is 1.12 bits per heavy atom. The highest BCUT2D eigenvalue weighted by Crippen LogP contribution is 2.22. The maximum absolute atomic E-state index is 11.8. The summed E-state index contributed by atoms with van der Waals surface area (Å²) in [6.45, 7) is 1.90. The standard InChI is InChI=1S/C19H19Cl2NO4/c1-13-11-14(20)8-9-17(13)25-10-4-7-19(24)26-12-18(23)22-16-6-3-2-5-15(16)21/h2-3,5-6,8-9,11H,4,7,10,12H2,1H3,(H,22,23). The minimum atomic E-state index is -0.462. The third-order valence-corrected chi connectivity index (χ3v) is 4.00. The first-order valence-corrected chi connectivity index (χ1v) is 8.80. The van der Waals surface area contributed by atoms with Crippen molar-refractivity contribution in [3.05, 3.63) is 58.1 Å². The minimum absolute atomic E-state index is 0.159. The van der Waals surface area contributed by atoms with Crippen LogP contribution in [0, 0.1) is 6.92 Å². The maximum Gasteiger partial charge on any atom is 0.306 e. The molecule has 0 aromatic heterocycles. The average molecular weight is 396 g/mol. The lowest BCUT2D eigenvalue weighted by Crippen LogP contribution is -2.21. The fourth-order valence-corrected chi connectivity index (χ4v) is 2.55. The second-order valence-electron chi connectivity index (χ2n) is 5.55. The van der Waals surface area contributed by atoms with Gasteiger partial charge in [-0.05, 0) is 49.2 Å². The van der Waals surface area contributed by atoms with Crippen molar-refractivity contribution < 1.29 is 19.1 Å². The average Bonchev–Trinajstić information content (AvgIpc) is 2.60. The monoisotopic (exact) mass is 395 g/mol. The fraction of sp³-hybridized carbons (Fsp3) is 0.263. The number of benzene rings is 2. The van der Waals surface area contributed by atoms with E-state index in [4.69, 9.17) is 32.7 Å². The third-order valence-electron chi connectivity index (χ3n) is 3.43. The van der Waals surface area contributed by atoms with Crippen molar-refractivity contribution in [3.8, 4) is 5.75 Å². The Balaban J connectivity index is 1.64. The highest BCUT2D eigenvalue weighted by Gasteiger charge is 2.09. The molecule has 0 aliphatic carbocycles. The summed E-state index contributed by atoms with van der Waals surface area (Å²) in [6, 6.07) is 12.2. The number of amides is 1. The summed E-state index contributed by atoms with van der Waals surface area (Å²) in [5.74, 6) is -0.183. The van der Waals surface area contributed by atoms with Crippen LogP contribution in [0.25, 0.3) is 0 Å². The molecule has 26 heavy (non-hydrogen) atoms. The summed E-state index contributed by atoms with van der Waals surface area (Å²) in [6.07, 6.45) is 0.638. The first-order valence-electron chi connectivity index (χ1n) is 8.04. The second-order valence-corrected chi connectivity index (χ2v) is 6.39. The number of nitrogens with one attached hydrogen (secondary N) is 1. The number of esters is 1. The van der Waals surface area contributed by atoms with E-state index in [9.17, 15) is 9.59 Å². The summed E-state index contributed by atoms with van der Waals surface area (Å²) in [5, 5.41) is 3.65. The smallest absolute Gasteiger partial charge is 0.306 e. The molecular weight excluding hydrogens is 377 g/mol. The normalized spacial score (nSPS) is 10.3. The number of carbonyl (C=O) groups excluding carboxylic acids is 2. The van der Waals surface area contributed by atoms with E-state index in [1.165, 1.54) is 0 Å². The van der Waals surface area contributed by atoms with Crippen LogP contribution in [0.15, 0.2) is 42.5 Å². The minimum Gasteiger partial charge on any atom is -0.493 e. The summed E-state index contributed by atoms with van der Waals surface area (Å²) in [4.78, 5) is 23.5. The Morgan fingerprint density at radius 2 is 1.88 bits per heavy atom. The van der Waals surface area contributed by atoms with Crippen LogP contribution in [0.2, 0.25) is 10.0 Å². The lowest BCUT2D eigenvalue weighted by atomic mass is 10.2. The van der Waals surface area contributed by atoms with Gasteiger partial charge in [-0.1, -0.05) is 35.3 Å². The van der Waals surface area contributed by atoms with Crippen molar-refractivity contribution in [3.63, 3.8) is 0 Å². The molecule has 5 nitrogen and oxygen atoms in total. The van der Waals surface area contributed by atoms with E-state index in [0.29, 0.717) is 28.8 Å². The zero-order valence-electron chi connectivity index (χ0n) is 14.3. The predicted octanol–water partition coefficient (Wildman–Crippen LogP) is 4.64. The molecule has 0 saturated carbocycles. The van der Waals surface area contributed by atoms with Crippen molar-refractivity contribution in [2.75, 3.05) is 18.5 Å². The number of halogens is 2. The Kier molecular flexibility index (Phi) is 7.75. The molecule has 0 aliphatic rings. The Morgan fingerprint density at radius 3 is 2.62 bits per heavy atom. The third kappa shape index (κ3) is 6.58. The van der Waals surface area contributed by atoms with Gasteiger partial charge in [-0.3, -0.25) is 9.59 Å². The van der Waals surface area contributed by atoms with Gasteiger partial charge in [-0.15, -0.1) is 0 Å². The number of aryl methyl sites for hydroxylation is 1. The maximum atomic E-state index is 11.8. The van der Waals surface area contributed by atoms with Gasteiger partial charge >= 0.3 is 5.97 Å². The predicted molar refractivity (Wildman–Crippen MR) is 102 cm³/mol. The topological polar surface area (TPSA) is 64.6 Å². The zero-order valence-corrected chi connectivity index (χ0v) is 15.8. The van der Waals surface area contributed by atoms with Crippen LogP contribution in [-0.2, 0) is 14.3 Å². The van der Waals surface area contributed by atoms with Crippen LogP contribution in [0.3, 0.4) is 0 Å². The Bertz CT molecular complexity index is 780. The Labute approximate surface area is 162 Å². The molecular formula is C19H19Cl2NO4. The van der Waals surface area contributed by atoms with E-state index in [-0.39, 0.29) is 13.0 Å².